The molecule has 2 aromatic heterocycles. The number of aromatic nitrogens is 3. The van der Waals surface area contributed by atoms with E-state index in [0.29, 0.717) is 66.5 Å². The number of ether oxygens (including phenoxy) is 3. The van der Waals surface area contributed by atoms with Crippen LogP contribution in [0.15, 0.2) is 65.6 Å². The number of anilines is 2. The predicted octanol–water partition coefficient (Wildman–Crippen LogP) is 3.13. The van der Waals surface area contributed by atoms with Gasteiger partial charge in [0, 0.05) is 25.6 Å². The fourth-order valence-corrected chi connectivity index (χ4v) is 6.43. The highest BCUT2D eigenvalue weighted by Crippen LogP contribution is 2.39. The molecular formula is C33H31N7O6. The van der Waals surface area contributed by atoms with Crippen LogP contribution in [0, 0.1) is 11.3 Å². The Morgan fingerprint density at radius 2 is 1.93 bits per heavy atom. The lowest BCUT2D eigenvalue weighted by atomic mass is 9.88. The second-order valence-electron chi connectivity index (χ2n) is 11.5. The van der Waals surface area contributed by atoms with Crippen molar-refractivity contribution in [2.24, 2.45) is 0 Å². The predicted molar refractivity (Wildman–Crippen MR) is 167 cm³/mol. The van der Waals surface area contributed by atoms with Gasteiger partial charge in [0.2, 0.25) is 0 Å². The van der Waals surface area contributed by atoms with Crippen LogP contribution in [0.1, 0.15) is 30.4 Å². The molecule has 0 unspecified atom stereocenters. The first-order valence-corrected chi connectivity index (χ1v) is 15.1. The van der Waals surface area contributed by atoms with Crippen molar-refractivity contribution in [1.29, 1.82) is 5.26 Å². The van der Waals surface area contributed by atoms with Crippen molar-refractivity contribution in [3.05, 3.63) is 82.3 Å². The van der Waals surface area contributed by atoms with Crippen molar-refractivity contribution in [1.82, 2.24) is 19.9 Å². The maximum atomic E-state index is 13.2. The number of nitriles is 1. The average molecular weight is 622 g/mol. The number of methoxy groups -OCH3 is 1. The Bertz CT molecular complexity index is 1920. The quantitative estimate of drug-likeness (QED) is 0.311. The van der Waals surface area contributed by atoms with Crippen molar-refractivity contribution in [3.8, 4) is 17.6 Å². The van der Waals surface area contributed by atoms with Crippen molar-refractivity contribution < 1.29 is 23.8 Å². The molecule has 3 aliphatic rings. The van der Waals surface area contributed by atoms with E-state index in [0.717, 1.165) is 17.7 Å². The molecule has 1 saturated heterocycles. The molecule has 4 aromatic rings. The number of benzene rings is 2. The summed E-state index contributed by atoms with van der Waals surface area (Å²) in [6.45, 7) is 1.11. The first-order valence-electron chi connectivity index (χ1n) is 15.1. The van der Waals surface area contributed by atoms with E-state index in [-0.39, 0.29) is 36.3 Å². The fourth-order valence-electron chi connectivity index (χ4n) is 6.43. The normalized spacial score (nSPS) is 20.5. The number of amides is 2. The molecule has 1 saturated carbocycles. The lowest BCUT2D eigenvalue weighted by Crippen LogP contribution is -2.47. The third-order valence-electron chi connectivity index (χ3n) is 8.76. The van der Waals surface area contributed by atoms with E-state index in [4.69, 9.17) is 19.2 Å². The Hall–Kier alpha value is -5.48. The molecule has 0 bridgehead atoms. The van der Waals surface area contributed by atoms with Crippen LogP contribution in [0.5, 0.6) is 11.5 Å². The molecule has 4 heterocycles. The molecule has 2 amide bonds. The zero-order valence-electron chi connectivity index (χ0n) is 25.1. The van der Waals surface area contributed by atoms with Crippen LogP contribution >= 0.6 is 0 Å². The van der Waals surface area contributed by atoms with Crippen LogP contribution in [0.4, 0.5) is 16.4 Å². The van der Waals surface area contributed by atoms with E-state index >= 15 is 0 Å². The summed E-state index contributed by atoms with van der Waals surface area (Å²) in [6, 6.07) is 18.0. The van der Waals surface area contributed by atoms with Gasteiger partial charge in [0.25, 0.3) is 11.5 Å². The molecule has 13 nitrogen and oxygen atoms in total. The standard InChI is InChI=1S/C33H31N7O6/c1-44-23-6-2-20(3-7-23)18-39-31(42)19-45-27-10-11-29(37-32(27)39)40-25-9-5-22(15-28(25)46-33(40)43)35-12-13-38-26-14-21(16-34)4-8-24(26)36-17-30(38)41/h2-4,6-8,10-11,14,17,22,25,28,35H,5,9,12-13,15,18-19H2,1H3/t22-,25-,28+/m0/s1. The van der Waals surface area contributed by atoms with Gasteiger partial charge in [-0.15, -0.1) is 0 Å². The number of carbonyl (C=O) groups is 2. The highest BCUT2D eigenvalue weighted by atomic mass is 16.6. The number of hydrogen-bond donors (Lipinski definition) is 1. The topological polar surface area (TPSA) is 152 Å². The molecule has 0 radical (unpaired) electrons. The van der Waals surface area contributed by atoms with Crippen molar-refractivity contribution in [2.45, 2.75) is 50.5 Å². The third kappa shape index (κ3) is 5.48. The van der Waals surface area contributed by atoms with Crippen molar-refractivity contribution >= 4 is 34.7 Å². The zero-order chi connectivity index (χ0) is 31.8. The van der Waals surface area contributed by atoms with Crippen molar-refractivity contribution in [3.63, 3.8) is 0 Å². The monoisotopic (exact) mass is 621 g/mol. The highest BCUT2D eigenvalue weighted by molar-refractivity contribution is 5.97. The van der Waals surface area contributed by atoms with Crippen LogP contribution in [0.3, 0.4) is 0 Å². The molecule has 13 heteroatoms. The lowest BCUT2D eigenvalue weighted by Gasteiger charge is -2.34. The molecular weight excluding hydrogens is 590 g/mol. The first kappa shape index (κ1) is 29.2. The Balaban J connectivity index is 1.03. The maximum absolute atomic E-state index is 13.2. The van der Waals surface area contributed by atoms with Crippen LogP contribution < -0.4 is 30.1 Å². The minimum atomic E-state index is -0.476. The second kappa shape index (κ2) is 12.1. The summed E-state index contributed by atoms with van der Waals surface area (Å²) < 4.78 is 18.4. The van der Waals surface area contributed by atoms with Gasteiger partial charge in [0.15, 0.2) is 18.2 Å². The summed E-state index contributed by atoms with van der Waals surface area (Å²) in [5.41, 5.74) is 2.39. The van der Waals surface area contributed by atoms with Gasteiger partial charge in [-0.3, -0.25) is 19.4 Å². The molecule has 234 valence electrons. The van der Waals surface area contributed by atoms with Gasteiger partial charge < -0.3 is 24.1 Å². The fraction of sp³-hybridized carbons (Fsp3) is 0.333. The Kier molecular flexibility index (Phi) is 7.71. The molecule has 2 aromatic carbocycles. The molecule has 7 rings (SSSR count). The maximum Gasteiger partial charge on any atom is 0.416 e. The summed E-state index contributed by atoms with van der Waals surface area (Å²) in [6.07, 6.45) is 2.55. The van der Waals surface area contributed by atoms with Gasteiger partial charge in [0.05, 0.1) is 48.6 Å². The minimum absolute atomic E-state index is 0.0787. The van der Waals surface area contributed by atoms with Crippen LogP contribution in [0.2, 0.25) is 0 Å². The van der Waals surface area contributed by atoms with E-state index in [1.54, 1.807) is 51.8 Å². The van der Waals surface area contributed by atoms with E-state index in [2.05, 4.69) is 16.4 Å². The van der Waals surface area contributed by atoms with Crippen molar-refractivity contribution in [2.75, 3.05) is 30.1 Å². The smallest absolute Gasteiger partial charge is 0.416 e. The summed E-state index contributed by atoms with van der Waals surface area (Å²) in [5.74, 6) is 1.73. The number of nitrogens with one attached hydrogen (secondary N) is 1. The second-order valence-corrected chi connectivity index (χ2v) is 11.5. The van der Waals surface area contributed by atoms with Crippen LogP contribution in [-0.4, -0.2) is 65.0 Å². The molecule has 46 heavy (non-hydrogen) atoms. The zero-order valence-corrected chi connectivity index (χ0v) is 25.1. The average Bonchev–Trinajstić information content (AvgIpc) is 3.41. The van der Waals surface area contributed by atoms with E-state index in [1.165, 1.54) is 6.20 Å². The Morgan fingerprint density at radius 1 is 1.09 bits per heavy atom. The first-order chi connectivity index (χ1) is 22.4. The lowest BCUT2D eigenvalue weighted by molar-refractivity contribution is -0.121. The molecule has 1 N–H and O–H groups in total. The Labute approximate surface area is 263 Å². The third-order valence-corrected chi connectivity index (χ3v) is 8.76. The van der Waals surface area contributed by atoms with E-state index in [1.807, 2.05) is 24.3 Å². The van der Waals surface area contributed by atoms with Gasteiger partial charge in [-0.2, -0.15) is 5.26 Å². The molecule has 1 aliphatic carbocycles. The number of carbonyl (C=O) groups excluding carboxylic acids is 2. The summed E-state index contributed by atoms with van der Waals surface area (Å²) >= 11 is 0. The van der Waals surface area contributed by atoms with Crippen LogP contribution in [-0.2, 0) is 22.6 Å². The van der Waals surface area contributed by atoms with Gasteiger partial charge in [-0.05, 0) is 60.9 Å². The highest BCUT2D eigenvalue weighted by Gasteiger charge is 2.47. The van der Waals surface area contributed by atoms with Gasteiger partial charge in [-0.1, -0.05) is 12.1 Å². The van der Waals surface area contributed by atoms with Crippen LogP contribution in [0.25, 0.3) is 11.0 Å². The molecule has 2 aliphatic heterocycles. The molecule has 3 atom stereocenters. The summed E-state index contributed by atoms with van der Waals surface area (Å²) in [4.78, 5) is 50.8. The number of nitrogens with zero attached hydrogens (tertiary/aromatic N) is 6. The molecule has 2 fully saturated rings. The summed E-state index contributed by atoms with van der Waals surface area (Å²) in [7, 11) is 1.60. The number of rotatable bonds is 8. The number of hydrogen-bond acceptors (Lipinski definition) is 10. The van der Waals surface area contributed by atoms with E-state index in [9.17, 15) is 19.6 Å². The summed E-state index contributed by atoms with van der Waals surface area (Å²) in [5, 5.41) is 12.8. The van der Waals surface area contributed by atoms with Gasteiger partial charge in [0.1, 0.15) is 17.7 Å². The number of fused-ring (bicyclic) bond motifs is 3. The van der Waals surface area contributed by atoms with E-state index < -0.39 is 6.09 Å². The minimum Gasteiger partial charge on any atom is -0.497 e. The van der Waals surface area contributed by atoms with Gasteiger partial charge in [-0.25, -0.2) is 14.8 Å². The SMILES string of the molecule is COc1ccc(CN2C(=O)COc3ccc(N4C(=O)O[C@@H]5C[C@@H](NCCn6c(=O)cnc7ccc(C#N)cc76)CC[C@@H]54)nc32)cc1. The number of pyridine rings is 1. The largest absolute Gasteiger partial charge is 0.497 e. The Morgan fingerprint density at radius 3 is 2.74 bits per heavy atom. The molecule has 0 spiro atoms. The van der Waals surface area contributed by atoms with Gasteiger partial charge >= 0.3 is 6.09 Å².